The number of Topliss-reactive ketones (excluding diaryl/α,β-unsaturated/α-hetero) is 1. The Morgan fingerprint density at radius 3 is 2.64 bits per heavy atom. The first kappa shape index (κ1) is 28.8. The van der Waals surface area contributed by atoms with Gasteiger partial charge in [0, 0.05) is 12.8 Å². The molecule has 0 aliphatic carbocycles. The Hall–Kier alpha value is -3.43. The van der Waals surface area contributed by atoms with Gasteiger partial charge in [-0.05, 0) is 37.8 Å². The van der Waals surface area contributed by atoms with E-state index in [0.717, 1.165) is 12.8 Å². The van der Waals surface area contributed by atoms with Crippen LogP contribution in [0.3, 0.4) is 0 Å². The fourth-order valence-electron chi connectivity index (χ4n) is 4.17. The molecule has 10 heteroatoms. The Labute approximate surface area is 211 Å². The molecule has 36 heavy (non-hydrogen) atoms. The number of hydrogen-bond acceptors (Lipinski definition) is 8. The first-order valence-corrected chi connectivity index (χ1v) is 12.3. The van der Waals surface area contributed by atoms with E-state index in [1.54, 1.807) is 6.92 Å². The Kier molecular flexibility index (Phi) is 10.9. The molecule has 0 bridgehead atoms. The third-order valence-corrected chi connectivity index (χ3v) is 6.05. The smallest absolute Gasteiger partial charge is 0.329 e. The van der Waals surface area contributed by atoms with Gasteiger partial charge in [-0.3, -0.25) is 19.2 Å². The topological polar surface area (TPSA) is 148 Å². The highest BCUT2D eigenvalue weighted by atomic mass is 16.6. The van der Waals surface area contributed by atoms with Crippen molar-refractivity contribution in [3.05, 3.63) is 23.8 Å². The van der Waals surface area contributed by atoms with Crippen molar-refractivity contribution in [1.82, 2.24) is 5.32 Å². The van der Waals surface area contributed by atoms with E-state index in [1.807, 2.05) is 20.8 Å². The molecule has 1 heterocycles. The minimum Gasteiger partial charge on any atom is -0.505 e. The number of ketones is 1. The molecule has 2 rings (SSSR count). The van der Waals surface area contributed by atoms with Crippen LogP contribution in [0, 0.1) is 11.8 Å². The number of phenols is 1. The number of amides is 2. The van der Waals surface area contributed by atoms with Gasteiger partial charge in [0.25, 0.3) is 5.91 Å². The number of ether oxygens (including phenoxy) is 2. The van der Waals surface area contributed by atoms with Crippen LogP contribution < -0.4 is 10.6 Å². The Morgan fingerprint density at radius 1 is 1.28 bits per heavy atom. The summed E-state index contributed by atoms with van der Waals surface area (Å²) < 4.78 is 11.3. The molecule has 2 amide bonds. The molecule has 4 atom stereocenters. The van der Waals surface area contributed by atoms with Crippen LogP contribution in [0.2, 0.25) is 0 Å². The number of para-hydroxylation sites is 1. The van der Waals surface area contributed by atoms with Crippen molar-refractivity contribution in [3.63, 3.8) is 0 Å². The van der Waals surface area contributed by atoms with Gasteiger partial charge in [-0.2, -0.15) is 0 Å². The zero-order valence-electron chi connectivity index (χ0n) is 21.2. The Balaban J connectivity index is 2.27. The van der Waals surface area contributed by atoms with Crippen LogP contribution >= 0.6 is 0 Å². The monoisotopic (exact) mass is 504 g/mol. The number of hydrogen-bond donors (Lipinski definition) is 3. The molecule has 0 saturated carbocycles. The highest BCUT2D eigenvalue weighted by Gasteiger charge is 2.40. The molecule has 4 unspecified atom stereocenters. The number of carbonyl (C=O) groups is 5. The molecule has 3 N–H and O–H groups in total. The van der Waals surface area contributed by atoms with E-state index in [2.05, 4.69) is 10.6 Å². The van der Waals surface area contributed by atoms with Crippen LogP contribution in [0.25, 0.3) is 0 Å². The van der Waals surface area contributed by atoms with E-state index < -0.39 is 47.8 Å². The highest BCUT2D eigenvalue weighted by Crippen LogP contribution is 2.29. The largest absolute Gasteiger partial charge is 0.505 e. The molecule has 1 aliphatic rings. The maximum absolute atomic E-state index is 13.2. The normalized spacial score (nSPS) is 22.6. The average Bonchev–Trinajstić information content (AvgIpc) is 2.84. The van der Waals surface area contributed by atoms with E-state index in [9.17, 15) is 29.1 Å². The molecule has 1 fully saturated rings. The van der Waals surface area contributed by atoms with Crippen molar-refractivity contribution < 1.29 is 38.6 Å². The first-order valence-electron chi connectivity index (χ1n) is 12.3. The molecule has 0 aromatic heterocycles. The third kappa shape index (κ3) is 7.79. The maximum atomic E-state index is 13.2. The lowest BCUT2D eigenvalue weighted by atomic mass is 9.86. The summed E-state index contributed by atoms with van der Waals surface area (Å²) in [6.45, 7) is 7.32. The van der Waals surface area contributed by atoms with E-state index in [4.69, 9.17) is 9.47 Å². The number of cyclic esters (lactones) is 1. The van der Waals surface area contributed by atoms with Crippen molar-refractivity contribution in [2.45, 2.75) is 84.5 Å². The molecule has 1 aromatic carbocycles. The lowest BCUT2D eigenvalue weighted by molar-refractivity contribution is -0.173. The molecule has 198 valence electrons. The van der Waals surface area contributed by atoms with Crippen LogP contribution in [-0.2, 0) is 28.7 Å². The average molecular weight is 505 g/mol. The van der Waals surface area contributed by atoms with E-state index in [1.165, 1.54) is 18.2 Å². The SMILES string of the molecule is CCCCC1C(=O)CCC(NC(=O)c2cccc(NC=O)c2O)C(=O)OC(C)C1OC(=O)CC(C)C. The number of anilines is 1. The van der Waals surface area contributed by atoms with Crippen LogP contribution in [0.4, 0.5) is 5.69 Å². The predicted octanol–water partition coefficient (Wildman–Crippen LogP) is 3.12. The summed E-state index contributed by atoms with van der Waals surface area (Å²) in [7, 11) is 0. The van der Waals surface area contributed by atoms with Crippen LogP contribution in [-0.4, -0.2) is 53.4 Å². The molecule has 1 aliphatic heterocycles. The summed E-state index contributed by atoms with van der Waals surface area (Å²) >= 11 is 0. The molecule has 10 nitrogen and oxygen atoms in total. The van der Waals surface area contributed by atoms with Gasteiger partial charge in [0.2, 0.25) is 6.41 Å². The second-order valence-corrected chi connectivity index (χ2v) is 9.44. The summed E-state index contributed by atoms with van der Waals surface area (Å²) in [6.07, 6.45) is 0.707. The molecule has 0 radical (unpaired) electrons. The van der Waals surface area contributed by atoms with E-state index in [-0.39, 0.29) is 42.2 Å². The standard InChI is InChI=1S/C26H36N2O8/c1-5-6-8-17-21(30)12-11-20(26(34)35-16(4)24(17)36-22(31)13-15(2)3)28-25(33)18-9-7-10-19(23(18)32)27-14-29/h7,9-10,14-17,20,24,32H,5-6,8,11-13H2,1-4H3,(H,27,29)(H,28,33). The van der Waals surface area contributed by atoms with Crippen LogP contribution in [0.5, 0.6) is 5.75 Å². The number of benzene rings is 1. The van der Waals surface area contributed by atoms with Gasteiger partial charge >= 0.3 is 11.9 Å². The first-order chi connectivity index (χ1) is 17.1. The molecular formula is C26H36N2O8. The molecule has 0 spiro atoms. The van der Waals surface area contributed by atoms with E-state index >= 15 is 0 Å². The zero-order chi connectivity index (χ0) is 26.8. The van der Waals surface area contributed by atoms with Gasteiger partial charge in [0.15, 0.2) is 5.75 Å². The number of rotatable bonds is 10. The summed E-state index contributed by atoms with van der Waals surface area (Å²) in [5.74, 6) is -3.20. The molecule has 1 saturated heterocycles. The summed E-state index contributed by atoms with van der Waals surface area (Å²) in [5, 5.41) is 15.1. The predicted molar refractivity (Wildman–Crippen MR) is 131 cm³/mol. The fraction of sp³-hybridized carbons (Fsp3) is 0.577. The fourth-order valence-corrected chi connectivity index (χ4v) is 4.17. The number of unbranched alkanes of at least 4 members (excludes halogenated alkanes) is 1. The van der Waals surface area contributed by atoms with Crippen LogP contribution in [0.1, 0.15) is 76.6 Å². The van der Waals surface area contributed by atoms with Crippen molar-refractivity contribution >= 4 is 35.7 Å². The van der Waals surface area contributed by atoms with Gasteiger partial charge < -0.3 is 25.2 Å². The van der Waals surface area contributed by atoms with Crippen molar-refractivity contribution in [2.75, 3.05) is 5.32 Å². The Bertz CT molecular complexity index is 961. The van der Waals surface area contributed by atoms with Crippen molar-refractivity contribution in [3.8, 4) is 5.75 Å². The van der Waals surface area contributed by atoms with Gasteiger partial charge in [0.1, 0.15) is 24.0 Å². The maximum Gasteiger partial charge on any atom is 0.329 e. The lowest BCUT2D eigenvalue weighted by Gasteiger charge is -2.30. The lowest BCUT2D eigenvalue weighted by Crippen LogP contribution is -2.45. The number of esters is 2. The minimum atomic E-state index is -1.16. The van der Waals surface area contributed by atoms with E-state index in [0.29, 0.717) is 12.8 Å². The number of aromatic hydroxyl groups is 1. The molecular weight excluding hydrogens is 468 g/mol. The van der Waals surface area contributed by atoms with Gasteiger partial charge in [-0.25, -0.2) is 4.79 Å². The second kappa shape index (κ2) is 13.6. The van der Waals surface area contributed by atoms with Gasteiger partial charge in [0.05, 0.1) is 17.2 Å². The van der Waals surface area contributed by atoms with Gasteiger partial charge in [-0.15, -0.1) is 0 Å². The summed E-state index contributed by atoms with van der Waals surface area (Å²) in [6, 6.07) is 3.04. The zero-order valence-corrected chi connectivity index (χ0v) is 21.2. The summed E-state index contributed by atoms with van der Waals surface area (Å²) in [4.78, 5) is 62.2. The minimum absolute atomic E-state index is 0.0154. The number of phenolic OH excluding ortho intramolecular Hbond substituents is 1. The third-order valence-electron chi connectivity index (χ3n) is 6.05. The van der Waals surface area contributed by atoms with Crippen molar-refractivity contribution in [2.24, 2.45) is 11.8 Å². The Morgan fingerprint density at radius 2 is 2.00 bits per heavy atom. The quantitative estimate of drug-likeness (QED) is 0.250. The number of carbonyl (C=O) groups excluding carboxylic acids is 5. The highest BCUT2D eigenvalue weighted by molar-refractivity contribution is 6.01. The van der Waals surface area contributed by atoms with Crippen molar-refractivity contribution in [1.29, 1.82) is 0 Å². The second-order valence-electron chi connectivity index (χ2n) is 9.44. The molecule has 1 aromatic rings. The van der Waals surface area contributed by atoms with Gasteiger partial charge in [-0.1, -0.05) is 39.7 Å². The van der Waals surface area contributed by atoms with Crippen LogP contribution in [0.15, 0.2) is 18.2 Å². The summed E-state index contributed by atoms with van der Waals surface area (Å²) in [5.41, 5.74) is -0.126. The number of nitrogens with one attached hydrogen (secondary N) is 2.